The molecule has 0 radical (unpaired) electrons. The quantitative estimate of drug-likeness (QED) is 0.693. The molecule has 3 aromatic rings. The first kappa shape index (κ1) is 15.1. The van der Waals surface area contributed by atoms with Crippen LogP contribution in [0.3, 0.4) is 0 Å². The van der Waals surface area contributed by atoms with Crippen molar-refractivity contribution in [2.75, 3.05) is 14.2 Å². The molecule has 5 heteroatoms. The van der Waals surface area contributed by atoms with Crippen LogP contribution in [0.1, 0.15) is 10.4 Å². The van der Waals surface area contributed by atoms with Crippen molar-refractivity contribution in [2.45, 2.75) is 0 Å². The molecular weight excluding hydrogens is 295 g/mol. The molecule has 23 heavy (non-hydrogen) atoms. The van der Waals surface area contributed by atoms with Crippen molar-refractivity contribution in [3.05, 3.63) is 66.1 Å². The van der Waals surface area contributed by atoms with Gasteiger partial charge in [-0.25, -0.2) is 9.45 Å². The second-order valence-electron chi connectivity index (χ2n) is 5.06. The Balaban J connectivity index is 2.17. The van der Waals surface area contributed by atoms with E-state index in [1.165, 1.54) is 32.4 Å². The lowest BCUT2D eigenvalue weighted by Gasteiger charge is -2.15. The third-order valence-electron chi connectivity index (χ3n) is 3.71. The number of pyridine rings is 1. The first-order valence-electron chi connectivity index (χ1n) is 7.07. The second kappa shape index (κ2) is 6.14. The fourth-order valence-corrected chi connectivity index (χ4v) is 2.46. The van der Waals surface area contributed by atoms with Gasteiger partial charge in [0.05, 0.1) is 12.6 Å². The number of halogens is 1. The fourth-order valence-electron chi connectivity index (χ4n) is 2.46. The van der Waals surface area contributed by atoms with Gasteiger partial charge < -0.3 is 0 Å². The van der Waals surface area contributed by atoms with Crippen LogP contribution in [0.2, 0.25) is 0 Å². The zero-order chi connectivity index (χ0) is 16.4. The molecule has 1 heterocycles. The number of carbonyl (C=O) groups excluding carboxylic acids is 1. The molecule has 1 aromatic heterocycles. The number of hydrogen-bond acceptors (Lipinski definition) is 3. The zero-order valence-corrected chi connectivity index (χ0v) is 12.8. The molecule has 0 atom stereocenters. The predicted molar refractivity (Wildman–Crippen MR) is 86.2 cm³/mol. The minimum Gasteiger partial charge on any atom is -0.274 e. The lowest BCUT2D eigenvalue weighted by atomic mass is 9.99. The molecule has 0 saturated heterocycles. The first-order valence-corrected chi connectivity index (χ1v) is 7.07. The summed E-state index contributed by atoms with van der Waals surface area (Å²) in [5, 5.41) is 1.93. The SMILES string of the molecule is CON(C)C(=O)c1ccc(F)c(-c2ccnc3ccccc23)c1. The largest absolute Gasteiger partial charge is 0.277 e. The van der Waals surface area contributed by atoms with Gasteiger partial charge in [0.2, 0.25) is 0 Å². The van der Waals surface area contributed by atoms with E-state index in [0.29, 0.717) is 16.7 Å². The number of fused-ring (bicyclic) bond motifs is 1. The molecule has 0 aliphatic heterocycles. The lowest BCUT2D eigenvalue weighted by Crippen LogP contribution is -2.25. The Hall–Kier alpha value is -2.79. The average Bonchev–Trinajstić information content (AvgIpc) is 2.60. The van der Waals surface area contributed by atoms with E-state index in [2.05, 4.69) is 4.98 Å². The smallest absolute Gasteiger partial charge is 0.274 e. The topological polar surface area (TPSA) is 42.4 Å². The summed E-state index contributed by atoms with van der Waals surface area (Å²) in [6.07, 6.45) is 1.63. The Morgan fingerprint density at radius 3 is 2.70 bits per heavy atom. The number of hydrogen-bond donors (Lipinski definition) is 0. The molecule has 0 unspecified atom stereocenters. The summed E-state index contributed by atoms with van der Waals surface area (Å²) in [6, 6.07) is 13.5. The van der Waals surface area contributed by atoms with Crippen LogP contribution in [0.15, 0.2) is 54.7 Å². The molecule has 0 saturated carbocycles. The number of benzene rings is 2. The Bertz CT molecular complexity index is 875. The number of para-hydroxylation sites is 1. The Kier molecular flexibility index (Phi) is 4.04. The van der Waals surface area contributed by atoms with Gasteiger partial charge in [-0.2, -0.15) is 0 Å². The van der Waals surface area contributed by atoms with E-state index in [9.17, 15) is 9.18 Å². The Labute approximate surface area is 133 Å². The molecule has 0 bridgehead atoms. The molecule has 2 aromatic carbocycles. The maximum atomic E-state index is 14.4. The monoisotopic (exact) mass is 310 g/mol. The van der Waals surface area contributed by atoms with Crippen molar-refractivity contribution in [3.8, 4) is 11.1 Å². The summed E-state index contributed by atoms with van der Waals surface area (Å²) < 4.78 is 14.4. The predicted octanol–water partition coefficient (Wildman–Crippen LogP) is 3.67. The van der Waals surface area contributed by atoms with Gasteiger partial charge in [0.1, 0.15) is 5.82 Å². The molecule has 4 nitrogen and oxygen atoms in total. The number of carbonyl (C=O) groups is 1. The van der Waals surface area contributed by atoms with E-state index in [4.69, 9.17) is 4.84 Å². The summed E-state index contributed by atoms with van der Waals surface area (Å²) >= 11 is 0. The van der Waals surface area contributed by atoms with E-state index in [1.54, 1.807) is 12.3 Å². The van der Waals surface area contributed by atoms with E-state index in [0.717, 1.165) is 16.0 Å². The minimum atomic E-state index is -0.391. The molecule has 3 rings (SSSR count). The van der Waals surface area contributed by atoms with Crippen molar-refractivity contribution in [3.63, 3.8) is 0 Å². The molecule has 116 valence electrons. The summed E-state index contributed by atoms with van der Waals surface area (Å²) in [6.45, 7) is 0. The van der Waals surface area contributed by atoms with Gasteiger partial charge in [-0.05, 0) is 35.9 Å². The van der Waals surface area contributed by atoms with Crippen LogP contribution >= 0.6 is 0 Å². The van der Waals surface area contributed by atoms with Crippen molar-refractivity contribution in [1.82, 2.24) is 10.0 Å². The van der Waals surface area contributed by atoms with E-state index < -0.39 is 5.82 Å². The van der Waals surface area contributed by atoms with Crippen LogP contribution in [0.4, 0.5) is 4.39 Å². The normalized spacial score (nSPS) is 10.7. The molecule has 1 amide bonds. The maximum absolute atomic E-state index is 14.4. The molecule has 0 fully saturated rings. The number of nitrogens with zero attached hydrogens (tertiary/aromatic N) is 2. The summed E-state index contributed by atoms with van der Waals surface area (Å²) in [7, 11) is 2.91. The van der Waals surface area contributed by atoms with Crippen LogP contribution in [-0.2, 0) is 4.84 Å². The molecule has 0 N–H and O–H groups in total. The van der Waals surface area contributed by atoms with Crippen LogP contribution < -0.4 is 0 Å². The van der Waals surface area contributed by atoms with Crippen molar-refractivity contribution in [1.29, 1.82) is 0 Å². The number of rotatable bonds is 3. The summed E-state index contributed by atoms with van der Waals surface area (Å²) in [4.78, 5) is 21.4. The molecule has 0 aliphatic carbocycles. The third-order valence-corrected chi connectivity index (χ3v) is 3.71. The zero-order valence-electron chi connectivity index (χ0n) is 12.8. The minimum absolute atomic E-state index is 0.341. The van der Waals surface area contributed by atoms with Crippen molar-refractivity contribution < 1.29 is 14.0 Å². The van der Waals surface area contributed by atoms with Crippen LogP contribution in [-0.4, -0.2) is 30.1 Å². The highest BCUT2D eigenvalue weighted by atomic mass is 19.1. The van der Waals surface area contributed by atoms with Gasteiger partial charge >= 0.3 is 0 Å². The molecular formula is C18H15FN2O2. The average molecular weight is 310 g/mol. The van der Waals surface area contributed by atoms with E-state index >= 15 is 0 Å². The molecule has 0 aliphatic rings. The highest BCUT2D eigenvalue weighted by molar-refractivity contribution is 5.98. The maximum Gasteiger partial charge on any atom is 0.277 e. The van der Waals surface area contributed by atoms with Gasteiger partial charge in [0, 0.05) is 29.8 Å². The van der Waals surface area contributed by atoms with Gasteiger partial charge in [0.15, 0.2) is 0 Å². The Morgan fingerprint density at radius 1 is 1.13 bits per heavy atom. The highest BCUT2D eigenvalue weighted by Gasteiger charge is 2.16. The first-order chi connectivity index (χ1) is 11.1. The third kappa shape index (κ3) is 2.78. The fraction of sp³-hybridized carbons (Fsp3) is 0.111. The number of amides is 1. The standard InChI is InChI=1S/C18H15FN2O2/c1-21(23-2)18(22)12-7-8-16(19)15(11-12)13-9-10-20-17-6-4-3-5-14(13)17/h3-11H,1-2H3. The highest BCUT2D eigenvalue weighted by Crippen LogP contribution is 2.30. The summed E-state index contributed by atoms with van der Waals surface area (Å²) in [5.41, 5.74) is 2.18. The van der Waals surface area contributed by atoms with Gasteiger partial charge in [-0.1, -0.05) is 18.2 Å². The van der Waals surface area contributed by atoms with Crippen LogP contribution in [0, 0.1) is 5.82 Å². The van der Waals surface area contributed by atoms with E-state index in [-0.39, 0.29) is 5.91 Å². The van der Waals surface area contributed by atoms with Crippen LogP contribution in [0.5, 0.6) is 0 Å². The lowest BCUT2D eigenvalue weighted by molar-refractivity contribution is -0.0756. The number of hydroxylamine groups is 2. The van der Waals surface area contributed by atoms with Crippen LogP contribution in [0.25, 0.3) is 22.0 Å². The van der Waals surface area contributed by atoms with Gasteiger partial charge in [0.25, 0.3) is 5.91 Å². The van der Waals surface area contributed by atoms with Crippen molar-refractivity contribution in [2.24, 2.45) is 0 Å². The summed E-state index contributed by atoms with van der Waals surface area (Å²) in [5.74, 6) is -0.731. The Morgan fingerprint density at radius 2 is 1.91 bits per heavy atom. The number of aromatic nitrogens is 1. The second-order valence-corrected chi connectivity index (χ2v) is 5.06. The van der Waals surface area contributed by atoms with Gasteiger partial charge in [-0.3, -0.25) is 14.6 Å². The van der Waals surface area contributed by atoms with Crippen molar-refractivity contribution >= 4 is 16.8 Å². The molecule has 0 spiro atoms. The van der Waals surface area contributed by atoms with E-state index in [1.807, 2.05) is 24.3 Å². The van der Waals surface area contributed by atoms with Gasteiger partial charge in [-0.15, -0.1) is 0 Å².